The Morgan fingerprint density at radius 1 is 1.25 bits per heavy atom. The molecule has 0 aromatic heterocycles. The predicted molar refractivity (Wildman–Crippen MR) is 53.5 cm³/mol. The van der Waals surface area contributed by atoms with Crippen LogP contribution in [0.3, 0.4) is 0 Å². The summed E-state index contributed by atoms with van der Waals surface area (Å²) in [5, 5.41) is 0. The van der Waals surface area contributed by atoms with Gasteiger partial charge in [-0.1, -0.05) is 18.2 Å². The third-order valence-electron chi connectivity index (χ3n) is 1.21. The van der Waals surface area contributed by atoms with Gasteiger partial charge in [0.2, 0.25) is 3.92 Å². The molecule has 0 aliphatic heterocycles. The smallest absolute Gasteiger partial charge is 0.340 e. The highest BCUT2D eigenvalue weighted by molar-refractivity contribution is 9.24. The van der Waals surface area contributed by atoms with Crippen LogP contribution < -0.4 is 0 Å². The molecule has 0 aliphatic carbocycles. The van der Waals surface area contributed by atoms with Gasteiger partial charge in [0.1, 0.15) is 0 Å². The Hall–Kier alpha value is -0.350. The summed E-state index contributed by atoms with van der Waals surface area (Å²) in [6, 6.07) is 8.81. The van der Waals surface area contributed by atoms with Crippen molar-refractivity contribution in [2.45, 2.75) is 3.92 Å². The lowest BCUT2D eigenvalue weighted by atomic mass is 10.2. The zero-order chi connectivity index (χ0) is 8.97. The third-order valence-corrected chi connectivity index (χ3v) is 1.58. The van der Waals surface area contributed by atoms with E-state index in [4.69, 9.17) is 4.74 Å². The van der Waals surface area contributed by atoms with Crippen LogP contribution in [0.1, 0.15) is 10.4 Å². The van der Waals surface area contributed by atoms with Crippen molar-refractivity contribution in [2.24, 2.45) is 0 Å². The minimum absolute atomic E-state index is 0.352. The first-order valence-electron chi connectivity index (χ1n) is 3.24. The van der Waals surface area contributed by atoms with E-state index in [0.29, 0.717) is 5.56 Å². The maximum atomic E-state index is 11.2. The molecule has 0 unspecified atom stereocenters. The van der Waals surface area contributed by atoms with Crippen LogP contribution in [0.15, 0.2) is 30.3 Å². The number of alkyl halides is 2. The van der Waals surface area contributed by atoms with Gasteiger partial charge < -0.3 is 4.74 Å². The highest BCUT2D eigenvalue weighted by Crippen LogP contribution is 2.12. The number of ether oxygens (including phenoxy) is 1. The minimum atomic E-state index is -0.433. The molecule has 0 fully saturated rings. The Labute approximate surface area is 87.2 Å². The molecule has 64 valence electrons. The van der Waals surface area contributed by atoms with Gasteiger partial charge in [0.05, 0.1) is 5.56 Å². The van der Waals surface area contributed by atoms with E-state index in [-0.39, 0.29) is 5.97 Å². The number of benzene rings is 1. The molecule has 1 aromatic carbocycles. The summed E-state index contributed by atoms with van der Waals surface area (Å²) < 4.78 is 4.40. The molecule has 0 atom stereocenters. The van der Waals surface area contributed by atoms with Crippen LogP contribution in [0, 0.1) is 0 Å². The van der Waals surface area contributed by atoms with Gasteiger partial charge >= 0.3 is 5.97 Å². The molecule has 0 amide bonds. The summed E-state index contributed by atoms with van der Waals surface area (Å²) >= 11 is 6.09. The Bertz CT molecular complexity index is 259. The van der Waals surface area contributed by atoms with E-state index in [1.807, 2.05) is 6.07 Å². The number of rotatable bonds is 2. The highest BCUT2D eigenvalue weighted by Gasteiger charge is 2.08. The molecule has 0 heterocycles. The molecule has 2 nitrogen and oxygen atoms in total. The summed E-state index contributed by atoms with van der Waals surface area (Å²) in [4.78, 5) is 11.2. The van der Waals surface area contributed by atoms with Crippen molar-refractivity contribution in [1.29, 1.82) is 0 Å². The molecule has 12 heavy (non-hydrogen) atoms. The number of hydrogen-bond acceptors (Lipinski definition) is 2. The van der Waals surface area contributed by atoms with Gasteiger partial charge in [-0.05, 0) is 44.0 Å². The Morgan fingerprint density at radius 2 is 1.83 bits per heavy atom. The first-order chi connectivity index (χ1) is 5.70. The SMILES string of the molecule is O=C(OC(Br)Br)c1ccccc1. The van der Waals surface area contributed by atoms with Crippen LogP contribution in [0.5, 0.6) is 0 Å². The van der Waals surface area contributed by atoms with Crippen LogP contribution in [0.25, 0.3) is 0 Å². The van der Waals surface area contributed by atoms with E-state index >= 15 is 0 Å². The quantitative estimate of drug-likeness (QED) is 0.619. The minimum Gasteiger partial charge on any atom is -0.436 e. The standard InChI is InChI=1S/C8H6Br2O2/c9-8(10)12-7(11)6-4-2-1-3-5-6/h1-5,8H. The Balaban J connectivity index is 2.66. The van der Waals surface area contributed by atoms with Crippen molar-refractivity contribution in [3.8, 4) is 0 Å². The maximum absolute atomic E-state index is 11.2. The molecule has 0 bridgehead atoms. The van der Waals surface area contributed by atoms with Gasteiger partial charge in [-0.15, -0.1) is 0 Å². The van der Waals surface area contributed by atoms with Crippen LogP contribution in [-0.4, -0.2) is 9.89 Å². The normalized spacial score (nSPS) is 9.92. The first-order valence-corrected chi connectivity index (χ1v) is 5.07. The molecule has 0 aliphatic rings. The lowest BCUT2D eigenvalue weighted by molar-refractivity contribution is 0.0560. The lowest BCUT2D eigenvalue weighted by Crippen LogP contribution is -2.06. The van der Waals surface area contributed by atoms with E-state index in [1.165, 1.54) is 0 Å². The van der Waals surface area contributed by atoms with E-state index in [0.717, 1.165) is 0 Å². The molecule has 4 heteroatoms. The fourth-order valence-electron chi connectivity index (χ4n) is 0.723. The van der Waals surface area contributed by atoms with E-state index < -0.39 is 3.92 Å². The molecule has 0 spiro atoms. The third kappa shape index (κ3) is 2.95. The van der Waals surface area contributed by atoms with Crippen LogP contribution in [0.4, 0.5) is 0 Å². The zero-order valence-electron chi connectivity index (χ0n) is 6.04. The van der Waals surface area contributed by atoms with Crippen molar-refractivity contribution < 1.29 is 9.53 Å². The zero-order valence-corrected chi connectivity index (χ0v) is 9.21. The van der Waals surface area contributed by atoms with Crippen LogP contribution in [0.2, 0.25) is 0 Å². The van der Waals surface area contributed by atoms with E-state index in [1.54, 1.807) is 24.3 Å². The largest absolute Gasteiger partial charge is 0.436 e. The maximum Gasteiger partial charge on any atom is 0.340 e. The van der Waals surface area contributed by atoms with Crippen LogP contribution >= 0.6 is 31.9 Å². The van der Waals surface area contributed by atoms with Gasteiger partial charge in [-0.25, -0.2) is 4.79 Å². The molecular weight excluding hydrogens is 288 g/mol. The number of esters is 1. The second kappa shape index (κ2) is 4.62. The van der Waals surface area contributed by atoms with Crippen LogP contribution in [-0.2, 0) is 4.74 Å². The molecule has 0 saturated heterocycles. The van der Waals surface area contributed by atoms with Gasteiger partial charge in [0, 0.05) is 0 Å². The second-order valence-electron chi connectivity index (χ2n) is 2.03. The molecule has 0 N–H and O–H groups in total. The number of carbonyl (C=O) groups is 1. The van der Waals surface area contributed by atoms with Gasteiger partial charge in [0.15, 0.2) is 0 Å². The lowest BCUT2D eigenvalue weighted by Gasteiger charge is -2.03. The summed E-state index contributed by atoms with van der Waals surface area (Å²) in [5.74, 6) is -0.352. The molecule has 0 radical (unpaired) electrons. The van der Waals surface area contributed by atoms with Crippen molar-refractivity contribution in [3.63, 3.8) is 0 Å². The summed E-state index contributed by atoms with van der Waals surface area (Å²) in [7, 11) is 0. The van der Waals surface area contributed by atoms with Crippen molar-refractivity contribution in [3.05, 3.63) is 35.9 Å². The van der Waals surface area contributed by atoms with Crippen molar-refractivity contribution in [2.75, 3.05) is 0 Å². The number of hydrogen-bond donors (Lipinski definition) is 0. The average Bonchev–Trinajstić information content (AvgIpc) is 2.05. The molecule has 1 aromatic rings. The Morgan fingerprint density at radius 3 is 2.33 bits per heavy atom. The highest BCUT2D eigenvalue weighted by atomic mass is 79.9. The number of halogens is 2. The summed E-state index contributed by atoms with van der Waals surface area (Å²) in [6.07, 6.45) is 0. The fraction of sp³-hybridized carbons (Fsp3) is 0.125. The molecule has 0 saturated carbocycles. The first kappa shape index (κ1) is 9.74. The van der Waals surface area contributed by atoms with Crippen molar-refractivity contribution >= 4 is 37.8 Å². The summed E-state index contributed by atoms with van der Waals surface area (Å²) in [5.41, 5.74) is 0.543. The van der Waals surface area contributed by atoms with Crippen molar-refractivity contribution in [1.82, 2.24) is 0 Å². The topological polar surface area (TPSA) is 26.3 Å². The molecular formula is C8H6Br2O2. The van der Waals surface area contributed by atoms with Gasteiger partial charge in [-0.3, -0.25) is 0 Å². The monoisotopic (exact) mass is 292 g/mol. The Kier molecular flexibility index (Phi) is 3.75. The average molecular weight is 294 g/mol. The predicted octanol–water partition coefficient (Wildman–Crippen LogP) is 2.92. The second-order valence-corrected chi connectivity index (χ2v) is 4.92. The number of carbonyl (C=O) groups excluding carboxylic acids is 1. The fourth-order valence-corrected chi connectivity index (χ4v) is 1.06. The summed E-state index contributed by atoms with van der Waals surface area (Å²) in [6.45, 7) is 0. The van der Waals surface area contributed by atoms with E-state index in [2.05, 4.69) is 31.9 Å². The molecule has 1 rings (SSSR count). The van der Waals surface area contributed by atoms with Gasteiger partial charge in [0.25, 0.3) is 0 Å². The van der Waals surface area contributed by atoms with E-state index in [9.17, 15) is 4.79 Å². The van der Waals surface area contributed by atoms with Gasteiger partial charge in [-0.2, -0.15) is 0 Å².